The summed E-state index contributed by atoms with van der Waals surface area (Å²) in [6, 6.07) is 8.24. The first kappa shape index (κ1) is 18.6. The van der Waals surface area contributed by atoms with Gasteiger partial charge in [0, 0.05) is 12.7 Å². The number of aromatic amines is 1. The molecule has 0 aliphatic heterocycles. The molecule has 130 valence electrons. The maximum Gasteiger partial charge on any atom is 0.275 e. The van der Waals surface area contributed by atoms with Crippen LogP contribution in [-0.2, 0) is 12.8 Å². The smallest absolute Gasteiger partial charge is 0.275 e. The molecule has 0 radical (unpaired) electrons. The van der Waals surface area contributed by atoms with Crippen LogP contribution >= 0.6 is 15.9 Å². The Morgan fingerprint density at radius 1 is 1.33 bits per heavy atom. The fraction of sp³-hybridized carbons (Fsp3) is 0.412. The van der Waals surface area contributed by atoms with Gasteiger partial charge in [-0.25, -0.2) is 8.78 Å². The molecule has 0 saturated heterocycles. The van der Waals surface area contributed by atoms with Gasteiger partial charge in [-0.2, -0.15) is 5.10 Å². The van der Waals surface area contributed by atoms with Gasteiger partial charge in [-0.3, -0.25) is 9.89 Å². The molecule has 1 aromatic carbocycles. The summed E-state index contributed by atoms with van der Waals surface area (Å²) in [5, 5.41) is 6.71. The van der Waals surface area contributed by atoms with Crippen LogP contribution in [0, 0.1) is 0 Å². The van der Waals surface area contributed by atoms with Gasteiger partial charge in [0.15, 0.2) is 5.69 Å². The number of carbonyl (C=O) groups is 1. The van der Waals surface area contributed by atoms with Gasteiger partial charge in [-0.15, -0.1) is 0 Å². The number of rotatable bonds is 7. The van der Waals surface area contributed by atoms with E-state index in [1.54, 1.807) is 0 Å². The van der Waals surface area contributed by atoms with Gasteiger partial charge in [0.05, 0.1) is 10.5 Å². The lowest BCUT2D eigenvalue weighted by Crippen LogP contribution is -2.42. The van der Waals surface area contributed by atoms with Crippen LogP contribution in [0.25, 0.3) is 0 Å². The zero-order chi connectivity index (χ0) is 17.7. The maximum atomic E-state index is 13.5. The zero-order valence-electron chi connectivity index (χ0n) is 13.6. The molecule has 1 amide bonds. The average molecular weight is 400 g/mol. The van der Waals surface area contributed by atoms with E-state index in [9.17, 15) is 13.6 Å². The molecule has 4 nitrogen and oxygen atoms in total. The van der Waals surface area contributed by atoms with Crippen molar-refractivity contribution in [2.45, 2.75) is 38.7 Å². The largest absolute Gasteiger partial charge is 0.332 e. The minimum atomic E-state index is -2.62. The highest BCUT2D eigenvalue weighted by molar-refractivity contribution is 9.10. The minimum Gasteiger partial charge on any atom is -0.332 e. The molecular formula is C17H20BrF2N3O. The molecule has 1 heterocycles. The molecule has 0 spiro atoms. The second kappa shape index (κ2) is 8.37. The van der Waals surface area contributed by atoms with Gasteiger partial charge in [-0.1, -0.05) is 37.3 Å². The minimum absolute atomic E-state index is 0.139. The Balaban J connectivity index is 2.11. The third-order valence-corrected chi connectivity index (χ3v) is 4.87. The first-order chi connectivity index (χ1) is 11.5. The van der Waals surface area contributed by atoms with Gasteiger partial charge in [-0.05, 0) is 40.8 Å². The van der Waals surface area contributed by atoms with E-state index in [1.807, 2.05) is 37.3 Å². The first-order valence-electron chi connectivity index (χ1n) is 7.77. The Labute approximate surface area is 148 Å². The topological polar surface area (TPSA) is 49.0 Å². The Hall–Kier alpha value is -1.76. The van der Waals surface area contributed by atoms with E-state index in [0.717, 1.165) is 16.2 Å². The van der Waals surface area contributed by atoms with Gasteiger partial charge < -0.3 is 4.90 Å². The maximum absolute atomic E-state index is 13.5. The summed E-state index contributed by atoms with van der Waals surface area (Å²) in [7, 11) is 1.40. The van der Waals surface area contributed by atoms with Crippen molar-refractivity contribution < 1.29 is 13.6 Å². The third kappa shape index (κ3) is 4.20. The van der Waals surface area contributed by atoms with Crippen molar-refractivity contribution in [1.29, 1.82) is 0 Å². The summed E-state index contributed by atoms with van der Waals surface area (Å²) < 4.78 is 27.5. The fourth-order valence-electron chi connectivity index (χ4n) is 2.51. The number of amides is 1. The molecule has 1 N–H and O–H groups in total. The van der Waals surface area contributed by atoms with Crippen molar-refractivity contribution in [1.82, 2.24) is 15.1 Å². The van der Waals surface area contributed by atoms with Crippen LogP contribution in [-0.4, -0.2) is 40.5 Å². The number of nitrogens with zero attached hydrogens (tertiary/aromatic N) is 2. The highest BCUT2D eigenvalue weighted by Crippen LogP contribution is 2.23. The normalized spacial score (nSPS) is 12.4. The second-order valence-electron chi connectivity index (χ2n) is 5.56. The number of hydrogen-bond donors (Lipinski definition) is 1. The SMILES string of the molecule is CCc1[nH]nc(C(=O)N(C)C(CCc2ccccc2)C(F)F)c1Br. The monoisotopic (exact) mass is 399 g/mol. The van der Waals surface area contributed by atoms with Gasteiger partial charge in [0.1, 0.15) is 0 Å². The predicted molar refractivity (Wildman–Crippen MR) is 92.3 cm³/mol. The molecular weight excluding hydrogens is 380 g/mol. The fourth-order valence-corrected chi connectivity index (χ4v) is 3.13. The first-order valence-corrected chi connectivity index (χ1v) is 8.57. The van der Waals surface area contributed by atoms with E-state index < -0.39 is 18.4 Å². The van der Waals surface area contributed by atoms with Crippen LogP contribution < -0.4 is 0 Å². The van der Waals surface area contributed by atoms with Crippen LogP contribution in [0.15, 0.2) is 34.8 Å². The number of H-pyrrole nitrogens is 1. The van der Waals surface area contributed by atoms with Crippen LogP contribution in [0.1, 0.15) is 35.1 Å². The third-order valence-electron chi connectivity index (χ3n) is 4.01. The van der Waals surface area contributed by atoms with E-state index in [4.69, 9.17) is 0 Å². The number of hydrogen-bond acceptors (Lipinski definition) is 2. The van der Waals surface area contributed by atoms with E-state index in [1.165, 1.54) is 7.05 Å². The number of carbonyl (C=O) groups excluding carboxylic acids is 1. The van der Waals surface area contributed by atoms with Crippen LogP contribution in [0.5, 0.6) is 0 Å². The molecule has 1 atom stereocenters. The summed E-state index contributed by atoms with van der Waals surface area (Å²) >= 11 is 3.31. The lowest BCUT2D eigenvalue weighted by molar-refractivity contribution is 0.0269. The van der Waals surface area contributed by atoms with E-state index in [2.05, 4.69) is 26.1 Å². The number of halogens is 3. The summed E-state index contributed by atoms with van der Waals surface area (Å²) in [6.07, 6.45) is -1.29. The second-order valence-corrected chi connectivity index (χ2v) is 6.35. The highest BCUT2D eigenvalue weighted by Gasteiger charge is 2.31. The quantitative estimate of drug-likeness (QED) is 0.762. The molecule has 1 aromatic heterocycles. The summed E-state index contributed by atoms with van der Waals surface area (Å²) in [4.78, 5) is 13.6. The molecule has 0 fully saturated rings. The van der Waals surface area contributed by atoms with Crippen molar-refractivity contribution in [3.63, 3.8) is 0 Å². The number of aromatic nitrogens is 2. The zero-order valence-corrected chi connectivity index (χ0v) is 15.2. The van der Waals surface area contributed by atoms with Crippen molar-refractivity contribution in [2.75, 3.05) is 7.05 Å². The molecule has 2 rings (SSSR count). The van der Waals surface area contributed by atoms with Crippen molar-refractivity contribution >= 4 is 21.8 Å². The summed E-state index contributed by atoms with van der Waals surface area (Å²) in [5.41, 5.74) is 1.88. The highest BCUT2D eigenvalue weighted by atomic mass is 79.9. The molecule has 0 saturated carbocycles. The summed E-state index contributed by atoms with van der Waals surface area (Å²) in [5.74, 6) is -0.517. The Bertz CT molecular complexity index is 676. The molecule has 0 aliphatic carbocycles. The number of benzene rings is 1. The van der Waals surface area contributed by atoms with Crippen molar-refractivity contribution in [2.24, 2.45) is 0 Å². The van der Waals surface area contributed by atoms with Crippen molar-refractivity contribution in [3.05, 3.63) is 51.8 Å². The van der Waals surface area contributed by atoms with Gasteiger partial charge in [0.2, 0.25) is 0 Å². The van der Waals surface area contributed by atoms with E-state index in [-0.39, 0.29) is 12.1 Å². The van der Waals surface area contributed by atoms with E-state index >= 15 is 0 Å². The lowest BCUT2D eigenvalue weighted by atomic mass is 10.0. The summed E-state index contributed by atoms with van der Waals surface area (Å²) in [6.45, 7) is 1.91. The standard InChI is InChI=1S/C17H20BrF2N3O/c1-3-12-14(18)15(22-21-12)17(24)23(2)13(16(19)20)10-9-11-7-5-4-6-8-11/h4-8,13,16H,3,9-10H2,1-2H3,(H,21,22). The molecule has 24 heavy (non-hydrogen) atoms. The molecule has 0 bridgehead atoms. The number of aryl methyl sites for hydroxylation is 2. The Kier molecular flexibility index (Phi) is 6.48. The van der Waals surface area contributed by atoms with Gasteiger partial charge >= 0.3 is 0 Å². The van der Waals surface area contributed by atoms with Gasteiger partial charge in [0.25, 0.3) is 12.3 Å². The average Bonchev–Trinajstić information content (AvgIpc) is 2.95. The molecule has 0 aliphatic rings. The molecule has 1 unspecified atom stereocenters. The Morgan fingerprint density at radius 3 is 2.54 bits per heavy atom. The lowest BCUT2D eigenvalue weighted by Gasteiger charge is -2.27. The van der Waals surface area contributed by atoms with Crippen LogP contribution in [0.4, 0.5) is 8.78 Å². The van der Waals surface area contributed by atoms with Crippen molar-refractivity contribution in [3.8, 4) is 0 Å². The predicted octanol–water partition coefficient (Wildman–Crippen LogP) is 4.07. The van der Waals surface area contributed by atoms with E-state index in [0.29, 0.717) is 17.3 Å². The molecule has 7 heteroatoms. The number of nitrogens with one attached hydrogen (secondary N) is 1. The Morgan fingerprint density at radius 2 is 2.00 bits per heavy atom. The number of alkyl halides is 2. The van der Waals surface area contributed by atoms with Crippen LogP contribution in [0.3, 0.4) is 0 Å². The molecule has 2 aromatic rings. The van der Waals surface area contributed by atoms with Crippen LogP contribution in [0.2, 0.25) is 0 Å².